The van der Waals surface area contributed by atoms with Gasteiger partial charge in [-0.2, -0.15) is 0 Å². The van der Waals surface area contributed by atoms with Crippen LogP contribution in [0.15, 0.2) is 87.7 Å². The van der Waals surface area contributed by atoms with E-state index in [-0.39, 0.29) is 0 Å². The number of hydrogen-bond donors (Lipinski definition) is 1. The highest BCUT2D eigenvalue weighted by Gasteiger charge is 2.40. The fraction of sp³-hybridized carbons (Fsp3) is 0.494. The first kappa shape index (κ1) is 73.7. The number of benzene rings is 1. The van der Waals surface area contributed by atoms with Crippen LogP contribution in [0.2, 0.25) is 0 Å². The standard InChI is InChI=1S/C21H24N2S.C18H23NS2.2C16H18ClNOS.C16H18ClNS2/c1-13(2)9-15-10-14-12-23-8-7-17-16-5-3-4-6-18(16)22-21(17)19(23)11-20(14)24-15;1-11(2)6-14-8-13-10-19-5-4-17-15(7-12(3)20-17)16(19)9-18(13)21-14;1-10-6-13-14-8-15-11(7-12(19-15)2-4-17)9-18(14)5-3-16(13)20-10;2*1-10-6-13-14-8-16-11(7-12(20-16)2-4-17)9-18(14)5-3-15(13)19-10/h3-6,10,13,19,22H,7-9,11-12H2,1-2H3;7-8,11,16H,4-6,9-10H2,1-3H3;3*6-7,14H,2-5,8-9H2,1H3/t19-;16-;3*14-/m00000/s1. The van der Waals surface area contributed by atoms with E-state index in [1.165, 1.54) is 160 Å². The van der Waals surface area contributed by atoms with E-state index >= 15 is 0 Å². The van der Waals surface area contributed by atoms with Crippen molar-refractivity contribution in [2.24, 2.45) is 11.8 Å². The highest BCUT2D eigenvalue weighted by Crippen LogP contribution is 2.49. The topological polar surface area (TPSA) is 58.3 Å². The highest BCUT2D eigenvalue weighted by atomic mass is 35.5. The number of aromatic nitrogens is 1. The lowest BCUT2D eigenvalue weighted by Crippen LogP contribution is -2.38. The quantitative estimate of drug-likeness (QED) is 0.137. The van der Waals surface area contributed by atoms with Crippen molar-refractivity contribution >= 4 is 125 Å². The molecule has 8 nitrogen and oxygen atoms in total. The van der Waals surface area contributed by atoms with Gasteiger partial charge < -0.3 is 13.8 Å². The van der Waals surface area contributed by atoms with Gasteiger partial charge in [-0.15, -0.1) is 114 Å². The van der Waals surface area contributed by atoms with Gasteiger partial charge in [0.1, 0.15) is 23.0 Å². The van der Waals surface area contributed by atoms with Gasteiger partial charge in [0.25, 0.3) is 0 Å². The smallest absolute Gasteiger partial charge is 0.110 e. The molecule has 10 aliphatic heterocycles. The van der Waals surface area contributed by atoms with Crippen molar-refractivity contribution in [1.82, 2.24) is 29.5 Å². The van der Waals surface area contributed by atoms with Crippen molar-refractivity contribution < 1.29 is 8.83 Å². The number of fused-ring (bicyclic) bond motifs is 22. The van der Waals surface area contributed by atoms with Gasteiger partial charge in [-0.05, 0) is 196 Å². The number of nitrogens with zero attached hydrogens (tertiary/aromatic N) is 5. The lowest BCUT2D eigenvalue weighted by atomic mass is 9.91. The van der Waals surface area contributed by atoms with Crippen molar-refractivity contribution in [2.75, 3.05) is 50.4 Å². The molecule has 0 fully saturated rings. The molecule has 1 aromatic carbocycles. The van der Waals surface area contributed by atoms with Crippen LogP contribution in [0.4, 0.5) is 0 Å². The number of aryl methyl sites for hydroxylation is 7. The summed E-state index contributed by atoms with van der Waals surface area (Å²) in [6.07, 6.45) is 17.0. The molecular formula is C87H101Cl3N6O2S7. The lowest BCUT2D eigenvalue weighted by molar-refractivity contribution is 0.152. The molecule has 0 aliphatic carbocycles. The summed E-state index contributed by atoms with van der Waals surface area (Å²) < 4.78 is 11.9. The molecule has 10 aliphatic rings. The maximum absolute atomic E-state index is 6.01. The third kappa shape index (κ3) is 15.5. The fourth-order valence-corrected chi connectivity index (χ4v) is 28.3. The number of furan rings is 2. The Hall–Kier alpha value is -4.11. The zero-order valence-electron chi connectivity index (χ0n) is 62.4. The zero-order chi connectivity index (χ0) is 71.9. The number of H-pyrrole nitrogens is 1. The number of nitrogens with one attached hydrogen (secondary N) is 1. The van der Waals surface area contributed by atoms with Gasteiger partial charge in [0.2, 0.25) is 0 Å². The summed E-state index contributed by atoms with van der Waals surface area (Å²) in [4.78, 5) is 38.8. The maximum Gasteiger partial charge on any atom is 0.110 e. The molecule has 0 amide bonds. The second-order valence-corrected chi connectivity index (χ2v) is 42.1. The van der Waals surface area contributed by atoms with Crippen LogP contribution in [0.1, 0.15) is 211 Å². The number of halogens is 3. The van der Waals surface area contributed by atoms with Crippen LogP contribution >= 0.6 is 114 Å². The molecule has 10 aromatic heterocycles. The minimum Gasteiger partial charge on any atom is -0.466 e. The van der Waals surface area contributed by atoms with Crippen LogP contribution in [0.5, 0.6) is 0 Å². The summed E-state index contributed by atoms with van der Waals surface area (Å²) in [5.74, 6) is 8.09. The van der Waals surface area contributed by atoms with Crippen molar-refractivity contribution in [2.45, 2.75) is 215 Å². The summed E-state index contributed by atoms with van der Waals surface area (Å²) in [5.41, 5.74) is 18.2. The number of thiophene rings is 7. The summed E-state index contributed by atoms with van der Waals surface area (Å²) in [6.45, 7) is 29.5. The summed E-state index contributed by atoms with van der Waals surface area (Å²) in [6, 6.07) is 33.1. The van der Waals surface area contributed by atoms with Gasteiger partial charge in [0.05, 0.1) is 6.04 Å². The molecule has 0 radical (unpaired) electrons. The Labute approximate surface area is 665 Å². The Balaban J connectivity index is 0.0000000970. The Bertz CT molecular complexity index is 4640. The van der Waals surface area contributed by atoms with E-state index in [2.05, 4.69) is 186 Å². The Morgan fingerprint density at radius 3 is 1.32 bits per heavy atom. The van der Waals surface area contributed by atoms with Crippen LogP contribution in [0.3, 0.4) is 0 Å². The molecule has 20 heterocycles. The van der Waals surface area contributed by atoms with Crippen molar-refractivity contribution in [3.63, 3.8) is 0 Å². The number of para-hydroxylation sites is 1. The van der Waals surface area contributed by atoms with Gasteiger partial charge >= 0.3 is 0 Å². The molecule has 0 unspecified atom stereocenters. The summed E-state index contributed by atoms with van der Waals surface area (Å²) in [7, 11) is 0. The molecule has 0 saturated carbocycles. The molecule has 0 saturated heterocycles. The second kappa shape index (κ2) is 31.6. The Morgan fingerprint density at radius 1 is 0.410 bits per heavy atom. The van der Waals surface area contributed by atoms with Gasteiger partial charge in [0, 0.05) is 248 Å². The minimum atomic E-state index is 0.520. The average Bonchev–Trinajstić information content (AvgIpc) is 1.64. The molecule has 18 heteroatoms. The van der Waals surface area contributed by atoms with Gasteiger partial charge in [-0.3, -0.25) is 24.5 Å². The second-order valence-electron chi connectivity index (χ2n) is 32.0. The van der Waals surface area contributed by atoms with Crippen LogP contribution in [0.25, 0.3) is 10.9 Å². The number of rotatable bonds is 10. The molecule has 554 valence electrons. The molecule has 21 rings (SSSR count). The van der Waals surface area contributed by atoms with Crippen molar-refractivity contribution in [3.8, 4) is 0 Å². The fourth-order valence-electron chi connectivity index (χ4n) is 18.9. The van der Waals surface area contributed by atoms with Gasteiger partial charge in [-0.1, -0.05) is 45.9 Å². The summed E-state index contributed by atoms with van der Waals surface area (Å²) in [5, 5.41) is 1.43. The Morgan fingerprint density at radius 2 is 0.829 bits per heavy atom. The summed E-state index contributed by atoms with van der Waals surface area (Å²) >= 11 is 31.7. The molecule has 105 heavy (non-hydrogen) atoms. The van der Waals surface area contributed by atoms with Crippen LogP contribution in [-0.2, 0) is 129 Å². The van der Waals surface area contributed by atoms with E-state index in [4.69, 9.17) is 43.6 Å². The third-order valence-corrected chi connectivity index (χ3v) is 32.5. The monoisotopic (exact) mass is 1590 g/mol. The predicted octanol–water partition coefficient (Wildman–Crippen LogP) is 22.8. The zero-order valence-corrected chi connectivity index (χ0v) is 70.4. The predicted molar refractivity (Wildman–Crippen MR) is 448 cm³/mol. The maximum atomic E-state index is 6.01. The van der Waals surface area contributed by atoms with E-state index in [1.54, 1.807) is 82.8 Å². The van der Waals surface area contributed by atoms with Crippen LogP contribution in [-0.4, -0.2) is 79.8 Å². The first-order valence-corrected chi connectivity index (χ1v) is 46.2. The number of hydrogen-bond acceptors (Lipinski definition) is 14. The average molecular weight is 1590 g/mol. The molecule has 1 N–H and O–H groups in total. The largest absolute Gasteiger partial charge is 0.466 e. The van der Waals surface area contributed by atoms with Crippen molar-refractivity contribution in [1.29, 1.82) is 0 Å². The van der Waals surface area contributed by atoms with Gasteiger partial charge in [-0.25, -0.2) is 0 Å². The SMILES string of the molecule is CC(C)Cc1cc2c(s1)C[C@H]1c3[nH]c4ccccc4c3CCN1C2.Cc1cc2c(o1)CCN1Cc3cc(CCCl)sc3C[C@@H]21.Cc1cc2c(s1)CCN1Cc3cc(CC(C)C)sc3C[C@@H]21.Cc1cc2c(s1)CCN1Cc3cc(CCCl)oc3C[C@@H]21.Cc1cc2c(s1)CCN1Cc3cc(CCCl)sc3C[C@@H]21. The molecule has 0 spiro atoms. The highest BCUT2D eigenvalue weighted by molar-refractivity contribution is 7.14. The number of aromatic amines is 1. The van der Waals surface area contributed by atoms with E-state index in [9.17, 15) is 0 Å². The third-order valence-electron chi connectivity index (χ3n) is 23.6. The van der Waals surface area contributed by atoms with E-state index in [1.807, 2.05) is 56.7 Å². The van der Waals surface area contributed by atoms with E-state index in [0.29, 0.717) is 36.1 Å². The Kier molecular flexibility index (Phi) is 22.2. The number of alkyl halides is 3. The van der Waals surface area contributed by atoms with Crippen molar-refractivity contribution in [3.05, 3.63) is 232 Å². The minimum absolute atomic E-state index is 0.520. The van der Waals surface area contributed by atoms with Crippen LogP contribution in [0, 0.1) is 39.5 Å². The first-order chi connectivity index (χ1) is 51.0. The lowest BCUT2D eigenvalue weighted by Gasteiger charge is -2.39. The first-order valence-electron chi connectivity index (χ1n) is 38.9. The molecular weight excluding hydrogens is 1490 g/mol. The van der Waals surface area contributed by atoms with E-state index in [0.717, 1.165) is 106 Å². The van der Waals surface area contributed by atoms with Gasteiger partial charge in [0.15, 0.2) is 0 Å². The van der Waals surface area contributed by atoms with E-state index < -0.39 is 0 Å². The molecule has 0 bridgehead atoms. The van der Waals surface area contributed by atoms with Crippen LogP contribution < -0.4 is 0 Å². The molecule has 11 aromatic rings. The normalized spacial score (nSPS) is 21.1. The molecule has 5 atom stereocenters.